The number of rotatable bonds is 6. The van der Waals surface area contributed by atoms with Gasteiger partial charge < -0.3 is 4.23 Å². The van der Waals surface area contributed by atoms with Crippen molar-refractivity contribution in [3.05, 3.63) is 86.7 Å². The predicted molar refractivity (Wildman–Crippen MR) is 128 cm³/mol. The molecule has 0 aromatic heterocycles. The van der Waals surface area contributed by atoms with E-state index in [9.17, 15) is 0 Å². The zero-order chi connectivity index (χ0) is 19.9. The van der Waals surface area contributed by atoms with E-state index in [1.807, 2.05) is 0 Å². The van der Waals surface area contributed by atoms with Crippen LogP contribution in [0.5, 0.6) is 0 Å². The quantitative estimate of drug-likeness (QED) is 0.576. The molecule has 3 rings (SSSR count). The molecule has 0 aliphatic heterocycles. The van der Waals surface area contributed by atoms with Gasteiger partial charge in [-0.05, 0) is 74.6 Å². The Labute approximate surface area is 172 Å². The van der Waals surface area contributed by atoms with Gasteiger partial charge in [0.2, 0.25) is 0 Å². The summed E-state index contributed by atoms with van der Waals surface area (Å²) in [6.07, 6.45) is 17.9. The van der Waals surface area contributed by atoms with Crippen LogP contribution >= 0.6 is 0 Å². The maximum absolute atomic E-state index is 2.80. The lowest BCUT2D eigenvalue weighted by atomic mass is 10.3. The Bertz CT molecular complexity index is 585. The minimum absolute atomic E-state index is 1.42. The smallest absolute Gasteiger partial charge is 0.138 e. The normalized spacial score (nSPS) is 20.4. The third-order valence-electron chi connectivity index (χ3n) is 5.52. The largest absolute Gasteiger partial charge is 0.425 e. The average Bonchev–Trinajstić information content (AvgIpc) is 3.26. The minimum Gasteiger partial charge on any atom is -0.425 e. The van der Waals surface area contributed by atoms with Crippen LogP contribution in [-0.4, -0.2) is 24.5 Å². The van der Waals surface area contributed by atoms with Gasteiger partial charge in [0.1, 0.15) is 16.5 Å². The lowest BCUT2D eigenvalue weighted by molar-refractivity contribution is 1.33. The highest BCUT2D eigenvalue weighted by Crippen LogP contribution is 2.43. The van der Waals surface area contributed by atoms with Gasteiger partial charge in [-0.25, -0.2) is 0 Å². The van der Waals surface area contributed by atoms with E-state index >= 15 is 0 Å². The van der Waals surface area contributed by atoms with Crippen LogP contribution in [-0.2, 0) is 0 Å². The first kappa shape index (κ1) is 21.4. The molecule has 0 N–H and O–H groups in total. The fourth-order valence-corrected chi connectivity index (χ4v) is 18.1. The van der Waals surface area contributed by atoms with E-state index in [4.69, 9.17) is 0 Å². The Morgan fingerprint density at radius 3 is 1.26 bits per heavy atom. The minimum atomic E-state index is -1.92. The molecule has 2 aliphatic carbocycles. The molecule has 0 heterocycles. The van der Waals surface area contributed by atoms with Crippen LogP contribution in [0.1, 0.15) is 0 Å². The molecule has 2 saturated carbocycles. The fourth-order valence-electron chi connectivity index (χ4n) is 4.64. The molecule has 1 aromatic rings. The molecule has 1 nitrogen and oxygen atoms in total. The van der Waals surface area contributed by atoms with Crippen LogP contribution in [0.2, 0.25) is 45.8 Å². The standard InChI is InChI=1S/C23H33NSi3/c1-25(2,3)24(26(4,5)6)20-16-18-23(19-17-20)27(7,21-12-8-9-13-21)22-14-10-11-15-22/h8-19H,1-7H3. The van der Waals surface area contributed by atoms with Crippen LogP contribution in [0.4, 0.5) is 5.69 Å². The second kappa shape index (κ2) is 7.83. The average molecular weight is 408 g/mol. The molecule has 4 heteroatoms. The maximum atomic E-state index is 2.80. The van der Waals surface area contributed by atoms with Crippen LogP contribution in [0, 0.1) is 62.4 Å². The Balaban J connectivity index is 1.96. The molecule has 1 aromatic carbocycles. The molecule has 0 unspecified atom stereocenters. The number of anilines is 1. The Morgan fingerprint density at radius 2 is 0.926 bits per heavy atom. The summed E-state index contributed by atoms with van der Waals surface area (Å²) in [7, 11) is -4.77. The van der Waals surface area contributed by atoms with Crippen LogP contribution in [0.3, 0.4) is 0 Å². The van der Waals surface area contributed by atoms with Gasteiger partial charge in [0.25, 0.3) is 0 Å². The summed E-state index contributed by atoms with van der Waals surface area (Å²) in [5.41, 5.74) is 4.40. The summed E-state index contributed by atoms with van der Waals surface area (Å²) < 4.78 is 2.80. The first-order valence-corrected chi connectivity index (χ1v) is 19.3. The molecule has 0 atom stereocenters. The Kier molecular flexibility index (Phi) is 6.20. The molecule has 2 aliphatic rings. The van der Waals surface area contributed by atoms with Crippen LogP contribution in [0.15, 0.2) is 24.3 Å². The van der Waals surface area contributed by atoms with Gasteiger partial charge in [0, 0.05) is 5.69 Å². The van der Waals surface area contributed by atoms with E-state index in [2.05, 4.69) is 126 Å². The number of nitrogens with zero attached hydrogens (tertiary/aromatic N) is 1. The van der Waals surface area contributed by atoms with E-state index in [0.717, 1.165) is 0 Å². The molecule has 10 radical (unpaired) electrons. The topological polar surface area (TPSA) is 3.24 Å². The summed E-state index contributed by atoms with van der Waals surface area (Å²) in [5, 5.41) is 1.50. The van der Waals surface area contributed by atoms with Crippen molar-refractivity contribution in [1.82, 2.24) is 0 Å². The summed E-state index contributed by atoms with van der Waals surface area (Å²) in [6.45, 7) is 17.3. The molecule has 0 spiro atoms. The molecular weight excluding hydrogens is 375 g/mol. The summed E-state index contributed by atoms with van der Waals surface area (Å²) in [4.78, 5) is 0. The highest BCUT2D eigenvalue weighted by molar-refractivity contribution is 7.01. The molecule has 0 saturated heterocycles. The third kappa shape index (κ3) is 4.32. The highest BCUT2D eigenvalue weighted by Gasteiger charge is 2.48. The maximum Gasteiger partial charge on any atom is 0.138 e. The van der Waals surface area contributed by atoms with E-state index in [0.29, 0.717) is 0 Å². The number of hydrogen-bond donors (Lipinski definition) is 0. The zero-order valence-electron chi connectivity index (χ0n) is 17.9. The Hall–Kier alpha value is -0.329. The molecule has 2 fully saturated rings. The third-order valence-corrected chi connectivity index (χ3v) is 17.2. The van der Waals surface area contributed by atoms with Crippen molar-refractivity contribution in [1.29, 1.82) is 0 Å². The zero-order valence-corrected chi connectivity index (χ0v) is 20.9. The highest BCUT2D eigenvalue weighted by atomic mass is 28.4. The molecular formula is C23H33NSi3. The molecule has 0 bridgehead atoms. The predicted octanol–water partition coefficient (Wildman–Crippen LogP) is 5.34. The Morgan fingerprint density at radius 1 is 0.556 bits per heavy atom. The summed E-state index contributed by atoms with van der Waals surface area (Å²) >= 11 is 0. The second-order valence-corrected chi connectivity index (χ2v) is 23.7. The lowest BCUT2D eigenvalue weighted by Gasteiger charge is -2.46. The fraction of sp³-hybridized carbons (Fsp3) is 0.304. The van der Waals surface area contributed by atoms with Gasteiger partial charge in [0.15, 0.2) is 0 Å². The van der Waals surface area contributed by atoms with E-state index in [1.54, 1.807) is 0 Å². The van der Waals surface area contributed by atoms with Crippen LogP contribution in [0.25, 0.3) is 0 Å². The van der Waals surface area contributed by atoms with Crippen molar-refractivity contribution in [3.8, 4) is 0 Å². The molecule has 0 amide bonds. The van der Waals surface area contributed by atoms with Gasteiger partial charge in [-0.15, -0.1) is 0 Å². The van der Waals surface area contributed by atoms with Crippen molar-refractivity contribution >= 4 is 35.4 Å². The van der Waals surface area contributed by atoms with E-state index in [1.165, 1.54) is 22.0 Å². The monoisotopic (exact) mass is 407 g/mol. The van der Waals surface area contributed by atoms with Gasteiger partial charge in [-0.1, -0.05) is 63.1 Å². The van der Waals surface area contributed by atoms with Crippen molar-refractivity contribution < 1.29 is 0 Å². The van der Waals surface area contributed by atoms with Crippen molar-refractivity contribution in [3.63, 3.8) is 0 Å². The van der Waals surface area contributed by atoms with Crippen molar-refractivity contribution in [2.75, 3.05) is 4.23 Å². The second-order valence-electron chi connectivity index (χ2n) is 9.70. The van der Waals surface area contributed by atoms with Crippen LogP contribution < -0.4 is 9.42 Å². The van der Waals surface area contributed by atoms with E-state index < -0.39 is 24.5 Å². The summed E-state index contributed by atoms with van der Waals surface area (Å²) in [6, 6.07) is 9.61. The first-order chi connectivity index (χ1) is 12.5. The van der Waals surface area contributed by atoms with Gasteiger partial charge in [-0.3, -0.25) is 0 Å². The molecule has 27 heavy (non-hydrogen) atoms. The van der Waals surface area contributed by atoms with Gasteiger partial charge in [0.05, 0.1) is 8.07 Å². The number of benzene rings is 1. The van der Waals surface area contributed by atoms with E-state index in [-0.39, 0.29) is 0 Å². The SMILES string of the molecule is C[Si]([C]1[CH][CH][CH][CH]1)([C]1[CH][CH][CH][CH]1)c1ccc(N([Si](C)(C)C)[Si](C)(C)C)cc1. The van der Waals surface area contributed by atoms with Crippen molar-refractivity contribution in [2.24, 2.45) is 0 Å². The number of hydrogen-bond acceptors (Lipinski definition) is 1. The lowest BCUT2D eigenvalue weighted by Crippen LogP contribution is -2.60. The van der Waals surface area contributed by atoms with Crippen molar-refractivity contribution in [2.45, 2.75) is 45.8 Å². The summed E-state index contributed by atoms with van der Waals surface area (Å²) in [5.74, 6) is 0. The molecule has 142 valence electrons. The van der Waals surface area contributed by atoms with Gasteiger partial charge >= 0.3 is 0 Å². The van der Waals surface area contributed by atoms with Gasteiger partial charge in [-0.2, -0.15) is 0 Å². The first-order valence-electron chi connectivity index (χ1n) is 9.90.